The highest BCUT2D eigenvalue weighted by Crippen LogP contribution is 2.47. The molecule has 0 aliphatic carbocycles. The lowest BCUT2D eigenvalue weighted by Gasteiger charge is -2.37. The Morgan fingerprint density at radius 3 is 2.30 bits per heavy atom. The zero-order valence-corrected chi connectivity index (χ0v) is 23.7. The van der Waals surface area contributed by atoms with Gasteiger partial charge in [-0.3, -0.25) is 0 Å². The molecule has 3 aromatic rings. The van der Waals surface area contributed by atoms with Crippen LogP contribution in [0, 0.1) is 5.92 Å². The van der Waals surface area contributed by atoms with E-state index in [4.69, 9.17) is 23.7 Å². The van der Waals surface area contributed by atoms with Gasteiger partial charge in [0, 0.05) is 68.8 Å². The van der Waals surface area contributed by atoms with E-state index in [2.05, 4.69) is 71.6 Å². The highest BCUT2D eigenvalue weighted by molar-refractivity contribution is 5.54. The van der Waals surface area contributed by atoms with E-state index in [0.717, 1.165) is 63.3 Å². The first-order valence-corrected chi connectivity index (χ1v) is 14.7. The molecule has 2 saturated heterocycles. The number of ether oxygens (including phenoxy) is 5. The molecule has 2 fully saturated rings. The molecule has 3 aliphatic heterocycles. The minimum atomic E-state index is -0.171. The largest absolute Gasteiger partial charge is 0.492 e. The Labute approximate surface area is 238 Å². The van der Waals surface area contributed by atoms with E-state index in [1.165, 1.54) is 22.4 Å². The molecule has 212 valence electrons. The second-order valence-corrected chi connectivity index (χ2v) is 11.2. The first kappa shape index (κ1) is 27.1. The Hall–Kier alpha value is -3.06. The van der Waals surface area contributed by atoms with Crippen molar-refractivity contribution in [3.8, 4) is 11.5 Å². The number of anilines is 1. The van der Waals surface area contributed by atoms with Gasteiger partial charge in [0.25, 0.3) is 0 Å². The maximum atomic E-state index is 6.39. The van der Waals surface area contributed by atoms with Crippen LogP contribution in [-0.4, -0.2) is 53.1 Å². The highest BCUT2D eigenvalue weighted by atomic mass is 16.7. The van der Waals surface area contributed by atoms with Gasteiger partial charge in [0.15, 0.2) is 12.6 Å². The number of piperidine rings is 1. The van der Waals surface area contributed by atoms with Gasteiger partial charge in [0.1, 0.15) is 11.5 Å². The Kier molecular flexibility index (Phi) is 8.57. The second-order valence-electron chi connectivity index (χ2n) is 11.2. The van der Waals surface area contributed by atoms with Crippen LogP contribution in [0.4, 0.5) is 5.69 Å². The molecule has 0 spiro atoms. The summed E-state index contributed by atoms with van der Waals surface area (Å²) < 4.78 is 29.4. The highest BCUT2D eigenvalue weighted by Gasteiger charge is 2.34. The summed E-state index contributed by atoms with van der Waals surface area (Å²) in [5.41, 5.74) is 5.08. The quantitative estimate of drug-likeness (QED) is 0.294. The smallest absolute Gasteiger partial charge is 0.199 e. The van der Waals surface area contributed by atoms with Gasteiger partial charge in [-0.1, -0.05) is 48.5 Å². The molecule has 40 heavy (non-hydrogen) atoms. The summed E-state index contributed by atoms with van der Waals surface area (Å²) in [7, 11) is 3.46. The van der Waals surface area contributed by atoms with E-state index < -0.39 is 0 Å². The molecular formula is C34H41NO5. The van der Waals surface area contributed by atoms with Gasteiger partial charge in [-0.15, -0.1) is 0 Å². The molecule has 3 aromatic carbocycles. The molecule has 3 atom stereocenters. The SMILES string of the molecule is COC(OC)C1CCN(c2ccc(C3c4ccc(OC5CCCCO5)cc4OCC3c3ccccc3)cc2)CC1. The average Bonchev–Trinajstić information content (AvgIpc) is 3.02. The normalized spacial score (nSPS) is 23.5. The van der Waals surface area contributed by atoms with Crippen molar-refractivity contribution in [2.24, 2.45) is 5.92 Å². The zero-order chi connectivity index (χ0) is 27.3. The standard InChI is InChI=1S/C34H41NO5/c1-36-34(37-2)26-17-19-35(20-18-26)27-13-11-25(12-14-27)33-29-16-15-28(40-32-10-6-7-21-38-32)22-31(29)39-23-30(33)24-8-4-3-5-9-24/h3-5,8-9,11-16,22,26,30,32-34H,6-7,10,17-21,23H2,1-2H3. The number of hydrogen-bond donors (Lipinski definition) is 0. The van der Waals surface area contributed by atoms with Crippen LogP contribution in [0.2, 0.25) is 0 Å². The topological polar surface area (TPSA) is 49.4 Å². The van der Waals surface area contributed by atoms with Crippen molar-refractivity contribution in [1.29, 1.82) is 0 Å². The number of hydrogen-bond acceptors (Lipinski definition) is 6. The van der Waals surface area contributed by atoms with Gasteiger partial charge in [-0.25, -0.2) is 0 Å². The summed E-state index contributed by atoms with van der Waals surface area (Å²) in [6.45, 7) is 3.41. The van der Waals surface area contributed by atoms with Gasteiger partial charge in [-0.05, 0) is 55.0 Å². The molecule has 0 N–H and O–H groups in total. The maximum Gasteiger partial charge on any atom is 0.199 e. The van der Waals surface area contributed by atoms with Crippen molar-refractivity contribution < 1.29 is 23.7 Å². The number of nitrogens with zero attached hydrogens (tertiary/aromatic N) is 1. The fraction of sp³-hybridized carbons (Fsp3) is 0.471. The van der Waals surface area contributed by atoms with Crippen molar-refractivity contribution in [3.05, 3.63) is 89.5 Å². The Morgan fingerprint density at radius 1 is 0.825 bits per heavy atom. The van der Waals surface area contributed by atoms with Crippen molar-refractivity contribution in [2.45, 2.75) is 56.5 Å². The van der Waals surface area contributed by atoms with Crippen molar-refractivity contribution in [2.75, 3.05) is 45.4 Å². The van der Waals surface area contributed by atoms with Crippen LogP contribution in [0.5, 0.6) is 11.5 Å². The summed E-state index contributed by atoms with van der Waals surface area (Å²) in [5, 5.41) is 0. The summed E-state index contributed by atoms with van der Waals surface area (Å²) in [6.07, 6.45) is 5.02. The van der Waals surface area contributed by atoms with E-state index in [1.54, 1.807) is 14.2 Å². The molecular weight excluding hydrogens is 502 g/mol. The van der Waals surface area contributed by atoms with E-state index in [1.807, 2.05) is 6.07 Å². The predicted molar refractivity (Wildman–Crippen MR) is 156 cm³/mol. The average molecular weight is 544 g/mol. The molecule has 0 radical (unpaired) electrons. The maximum absolute atomic E-state index is 6.39. The van der Waals surface area contributed by atoms with Crippen molar-refractivity contribution >= 4 is 5.69 Å². The van der Waals surface area contributed by atoms with E-state index in [0.29, 0.717) is 12.5 Å². The van der Waals surface area contributed by atoms with Gasteiger partial charge in [0.2, 0.25) is 0 Å². The van der Waals surface area contributed by atoms with Crippen LogP contribution in [0.15, 0.2) is 72.8 Å². The number of benzene rings is 3. The third kappa shape index (κ3) is 5.85. The third-order valence-electron chi connectivity index (χ3n) is 8.78. The second kappa shape index (κ2) is 12.6. The van der Waals surface area contributed by atoms with Gasteiger partial charge in [0.05, 0.1) is 13.2 Å². The van der Waals surface area contributed by atoms with Crippen LogP contribution < -0.4 is 14.4 Å². The number of rotatable bonds is 8. The molecule has 6 nitrogen and oxygen atoms in total. The van der Waals surface area contributed by atoms with Crippen molar-refractivity contribution in [1.82, 2.24) is 0 Å². The molecule has 0 saturated carbocycles. The summed E-state index contributed by atoms with van der Waals surface area (Å²) >= 11 is 0. The third-order valence-corrected chi connectivity index (χ3v) is 8.78. The van der Waals surface area contributed by atoms with Gasteiger partial charge in [-0.2, -0.15) is 0 Å². The number of methoxy groups -OCH3 is 2. The zero-order valence-electron chi connectivity index (χ0n) is 23.7. The minimum Gasteiger partial charge on any atom is -0.492 e. The fourth-order valence-corrected chi connectivity index (χ4v) is 6.62. The van der Waals surface area contributed by atoms with Crippen LogP contribution in [0.1, 0.15) is 60.6 Å². The first-order chi connectivity index (χ1) is 19.7. The van der Waals surface area contributed by atoms with E-state index >= 15 is 0 Å². The minimum absolute atomic E-state index is 0.117. The lowest BCUT2D eigenvalue weighted by Crippen LogP contribution is -2.39. The Bertz CT molecular complexity index is 1210. The molecule has 0 aromatic heterocycles. The van der Waals surface area contributed by atoms with Crippen LogP contribution in [0.3, 0.4) is 0 Å². The van der Waals surface area contributed by atoms with Crippen LogP contribution in [0.25, 0.3) is 0 Å². The Morgan fingerprint density at radius 2 is 1.60 bits per heavy atom. The lowest BCUT2D eigenvalue weighted by atomic mass is 9.76. The fourth-order valence-electron chi connectivity index (χ4n) is 6.62. The van der Waals surface area contributed by atoms with Crippen LogP contribution >= 0.6 is 0 Å². The molecule has 0 amide bonds. The van der Waals surface area contributed by atoms with Gasteiger partial charge >= 0.3 is 0 Å². The lowest BCUT2D eigenvalue weighted by molar-refractivity contribution is -0.141. The van der Waals surface area contributed by atoms with Gasteiger partial charge < -0.3 is 28.6 Å². The van der Waals surface area contributed by atoms with E-state index in [9.17, 15) is 0 Å². The summed E-state index contributed by atoms with van der Waals surface area (Å²) in [4.78, 5) is 2.48. The summed E-state index contributed by atoms with van der Waals surface area (Å²) in [6, 6.07) is 26.3. The number of fused-ring (bicyclic) bond motifs is 1. The molecule has 3 unspecified atom stereocenters. The Balaban J connectivity index is 1.24. The summed E-state index contributed by atoms with van der Waals surface area (Å²) in [5.74, 6) is 2.57. The molecule has 3 aliphatic rings. The first-order valence-electron chi connectivity index (χ1n) is 14.7. The van der Waals surface area contributed by atoms with Crippen molar-refractivity contribution in [3.63, 3.8) is 0 Å². The predicted octanol–water partition coefficient (Wildman–Crippen LogP) is 6.74. The molecule has 6 rings (SSSR count). The van der Waals surface area contributed by atoms with Crippen LogP contribution in [-0.2, 0) is 14.2 Å². The molecule has 3 heterocycles. The van der Waals surface area contributed by atoms with E-state index in [-0.39, 0.29) is 24.4 Å². The monoisotopic (exact) mass is 543 g/mol. The molecule has 6 heteroatoms. The molecule has 0 bridgehead atoms.